The van der Waals surface area contributed by atoms with Crippen molar-refractivity contribution in [3.8, 4) is 0 Å². The summed E-state index contributed by atoms with van der Waals surface area (Å²) in [6.07, 6.45) is 2.87. The van der Waals surface area contributed by atoms with Gasteiger partial charge in [-0.1, -0.05) is 20.8 Å². The maximum atomic E-state index is 5.88. The van der Waals surface area contributed by atoms with E-state index in [-0.39, 0.29) is 6.10 Å². The fraction of sp³-hybridized carbons (Fsp3) is 1.00. The summed E-state index contributed by atoms with van der Waals surface area (Å²) in [5, 5.41) is 0. The fourth-order valence-corrected chi connectivity index (χ4v) is 2.48. The highest BCUT2D eigenvalue weighted by Crippen LogP contribution is 1.97. The van der Waals surface area contributed by atoms with Crippen LogP contribution in [0.2, 0.25) is 0 Å². The van der Waals surface area contributed by atoms with Crippen LogP contribution in [0, 0.1) is 0 Å². The lowest BCUT2D eigenvalue weighted by Gasteiger charge is -2.18. The van der Waals surface area contributed by atoms with Crippen molar-refractivity contribution in [2.45, 2.75) is 46.1 Å². The van der Waals surface area contributed by atoms with E-state index in [9.17, 15) is 0 Å². The second-order valence-corrected chi connectivity index (χ2v) is 7.32. The smallest absolute Gasteiger partial charge is 0.104 e. The molecule has 0 aliphatic rings. The summed E-state index contributed by atoms with van der Waals surface area (Å²) in [6, 6.07) is 0. The molecule has 0 aromatic heterocycles. The fourth-order valence-electron chi connectivity index (χ4n) is 2.48. The van der Waals surface area contributed by atoms with Crippen LogP contribution < -0.4 is 0 Å². The first-order valence-corrected chi connectivity index (χ1v) is 12.6. The van der Waals surface area contributed by atoms with Gasteiger partial charge in [0.25, 0.3) is 0 Å². The predicted octanol–water partition coefficient (Wildman–Crippen LogP) is 2.73. The molecule has 0 atom stereocenters. The van der Waals surface area contributed by atoms with Crippen molar-refractivity contribution < 1.29 is 42.6 Å². The molecule has 0 aromatic rings. The third-order valence-corrected chi connectivity index (χ3v) is 4.09. The van der Waals surface area contributed by atoms with E-state index in [1.165, 1.54) is 0 Å². The summed E-state index contributed by atoms with van der Waals surface area (Å²) >= 11 is 0. The Bertz CT molecular complexity index is 326. The molecule has 0 saturated heterocycles. The predicted molar refractivity (Wildman–Crippen MR) is 127 cm³/mol. The van der Waals surface area contributed by atoms with Crippen LogP contribution in [0.1, 0.15) is 40.0 Å². The van der Waals surface area contributed by atoms with Crippen molar-refractivity contribution in [1.29, 1.82) is 0 Å². The van der Waals surface area contributed by atoms with E-state index in [1.54, 1.807) is 0 Å². The summed E-state index contributed by atoms with van der Waals surface area (Å²) in [4.78, 5) is 0. The Morgan fingerprint density at radius 3 is 0.939 bits per heavy atom. The molecular weight excluding hydrogens is 432 g/mol. The SMILES string of the molecule is CCCOCCOCCOCC(COCCOCCOCCC)OCCOCCOCCC. The molecule has 0 unspecified atom stereocenters. The molecular formula is C24H50O9. The van der Waals surface area contributed by atoms with Crippen LogP contribution in [0.15, 0.2) is 0 Å². The van der Waals surface area contributed by atoms with Crippen LogP contribution in [0.5, 0.6) is 0 Å². The zero-order valence-corrected chi connectivity index (χ0v) is 21.4. The van der Waals surface area contributed by atoms with E-state index in [1.807, 2.05) is 0 Å². The largest absolute Gasteiger partial charge is 0.379 e. The molecule has 0 rings (SSSR count). The van der Waals surface area contributed by atoms with E-state index < -0.39 is 0 Å². The Balaban J connectivity index is 3.84. The van der Waals surface area contributed by atoms with E-state index in [2.05, 4.69) is 20.8 Å². The summed E-state index contributed by atoms with van der Waals surface area (Å²) in [5.74, 6) is 0. The standard InChI is InChI=1S/C24H50O9/c1-4-7-25-10-13-28-16-18-31-22-24(33-21-20-30-15-12-27-9-6-3)23-32-19-17-29-14-11-26-8-5-2/h24H,4-23H2,1-3H3. The van der Waals surface area contributed by atoms with E-state index >= 15 is 0 Å². The zero-order valence-electron chi connectivity index (χ0n) is 21.4. The van der Waals surface area contributed by atoms with Crippen LogP contribution in [-0.4, -0.2) is 118 Å². The Labute approximate surface area is 201 Å². The Morgan fingerprint density at radius 1 is 0.333 bits per heavy atom. The van der Waals surface area contributed by atoms with Gasteiger partial charge in [0.05, 0.1) is 92.5 Å². The van der Waals surface area contributed by atoms with Gasteiger partial charge in [0.2, 0.25) is 0 Å². The van der Waals surface area contributed by atoms with Gasteiger partial charge in [-0.25, -0.2) is 0 Å². The van der Waals surface area contributed by atoms with Crippen LogP contribution in [0.25, 0.3) is 0 Å². The van der Waals surface area contributed by atoms with Crippen molar-refractivity contribution in [1.82, 2.24) is 0 Å². The van der Waals surface area contributed by atoms with Crippen molar-refractivity contribution in [2.24, 2.45) is 0 Å². The topological polar surface area (TPSA) is 83.1 Å². The molecule has 0 aromatic carbocycles. The third kappa shape index (κ3) is 27.8. The molecule has 0 saturated carbocycles. The minimum Gasteiger partial charge on any atom is -0.379 e. The molecule has 0 radical (unpaired) electrons. The van der Waals surface area contributed by atoms with Gasteiger partial charge in [-0.2, -0.15) is 0 Å². The molecule has 200 valence electrons. The van der Waals surface area contributed by atoms with Gasteiger partial charge in [-0.05, 0) is 19.3 Å². The van der Waals surface area contributed by atoms with Crippen molar-refractivity contribution in [3.05, 3.63) is 0 Å². The van der Waals surface area contributed by atoms with Gasteiger partial charge in [-0.3, -0.25) is 0 Å². The van der Waals surface area contributed by atoms with Crippen LogP contribution in [0.4, 0.5) is 0 Å². The number of ether oxygens (including phenoxy) is 9. The Hall–Kier alpha value is -0.360. The molecule has 33 heavy (non-hydrogen) atoms. The van der Waals surface area contributed by atoms with Crippen molar-refractivity contribution >= 4 is 0 Å². The van der Waals surface area contributed by atoms with Gasteiger partial charge < -0.3 is 42.6 Å². The quantitative estimate of drug-likeness (QED) is 0.149. The molecule has 9 heteroatoms. The first-order valence-electron chi connectivity index (χ1n) is 12.6. The van der Waals surface area contributed by atoms with Gasteiger partial charge >= 0.3 is 0 Å². The van der Waals surface area contributed by atoms with Gasteiger partial charge in [-0.15, -0.1) is 0 Å². The Kier molecular flexibility index (Phi) is 29.3. The van der Waals surface area contributed by atoms with E-state index in [0.717, 1.165) is 39.1 Å². The first-order chi connectivity index (χ1) is 16.3. The number of hydrogen-bond donors (Lipinski definition) is 0. The second kappa shape index (κ2) is 29.7. The molecule has 0 amide bonds. The van der Waals surface area contributed by atoms with Crippen LogP contribution >= 0.6 is 0 Å². The molecule has 0 aliphatic heterocycles. The van der Waals surface area contributed by atoms with Gasteiger partial charge in [0.1, 0.15) is 6.10 Å². The van der Waals surface area contributed by atoms with Crippen LogP contribution in [-0.2, 0) is 42.6 Å². The van der Waals surface area contributed by atoms with Crippen LogP contribution in [0.3, 0.4) is 0 Å². The summed E-state index contributed by atoms with van der Waals surface area (Å²) in [6.45, 7) is 16.0. The lowest BCUT2D eigenvalue weighted by atomic mass is 10.4. The average Bonchev–Trinajstić information content (AvgIpc) is 2.83. The monoisotopic (exact) mass is 482 g/mol. The molecule has 0 heterocycles. The number of rotatable bonds is 29. The van der Waals surface area contributed by atoms with Crippen molar-refractivity contribution in [3.63, 3.8) is 0 Å². The molecule has 0 N–H and O–H groups in total. The molecule has 0 fully saturated rings. The minimum atomic E-state index is -0.175. The third-order valence-electron chi connectivity index (χ3n) is 4.09. The van der Waals surface area contributed by atoms with Gasteiger partial charge in [0.15, 0.2) is 0 Å². The summed E-state index contributed by atoms with van der Waals surface area (Å²) < 4.78 is 49.9. The lowest BCUT2D eigenvalue weighted by molar-refractivity contribution is -0.0867. The Morgan fingerprint density at radius 2 is 0.606 bits per heavy atom. The van der Waals surface area contributed by atoms with E-state index in [0.29, 0.717) is 92.5 Å². The summed E-state index contributed by atoms with van der Waals surface area (Å²) in [5.41, 5.74) is 0. The maximum Gasteiger partial charge on any atom is 0.104 e. The average molecular weight is 483 g/mol. The molecule has 0 bridgehead atoms. The second-order valence-electron chi connectivity index (χ2n) is 7.32. The lowest BCUT2D eigenvalue weighted by Crippen LogP contribution is -2.29. The summed E-state index contributed by atoms with van der Waals surface area (Å²) in [7, 11) is 0. The van der Waals surface area contributed by atoms with Gasteiger partial charge in [0, 0.05) is 19.8 Å². The number of hydrogen-bond acceptors (Lipinski definition) is 9. The molecule has 0 spiro atoms. The maximum absolute atomic E-state index is 5.88. The molecule has 0 aliphatic carbocycles. The highest BCUT2D eigenvalue weighted by atomic mass is 16.6. The zero-order chi connectivity index (χ0) is 24.1. The molecule has 9 nitrogen and oxygen atoms in total. The van der Waals surface area contributed by atoms with Crippen molar-refractivity contribution in [2.75, 3.05) is 112 Å². The first kappa shape index (κ1) is 32.6. The normalized spacial score (nSPS) is 11.6. The highest BCUT2D eigenvalue weighted by Gasteiger charge is 2.10. The minimum absolute atomic E-state index is 0.175. The highest BCUT2D eigenvalue weighted by molar-refractivity contribution is 4.56. The van der Waals surface area contributed by atoms with E-state index in [4.69, 9.17) is 42.6 Å².